The van der Waals surface area contributed by atoms with E-state index in [9.17, 15) is 4.79 Å². The van der Waals surface area contributed by atoms with Gasteiger partial charge >= 0.3 is 0 Å². The van der Waals surface area contributed by atoms with Crippen LogP contribution >= 0.6 is 23.2 Å². The number of amides is 1. The largest absolute Gasteiger partial charge is 0.307 e. The van der Waals surface area contributed by atoms with Crippen molar-refractivity contribution in [3.8, 4) is 0 Å². The van der Waals surface area contributed by atoms with E-state index in [0.717, 1.165) is 5.69 Å². The topological polar surface area (TPSA) is 46.9 Å². The van der Waals surface area contributed by atoms with Crippen LogP contribution in [0.5, 0.6) is 0 Å². The number of hydrogen-bond donors (Lipinski definition) is 1. The highest BCUT2D eigenvalue weighted by atomic mass is 35.5. The van der Waals surface area contributed by atoms with Crippen LogP contribution in [0.25, 0.3) is 0 Å². The Morgan fingerprint density at radius 3 is 2.25 bits per heavy atom. The summed E-state index contributed by atoms with van der Waals surface area (Å²) < 4.78 is 1.82. The first kappa shape index (κ1) is 18.8. The maximum Gasteiger partial charge on any atom is 0.258 e. The Hall–Kier alpha value is -1.52. The highest BCUT2D eigenvalue weighted by molar-refractivity contribution is 6.36. The van der Waals surface area contributed by atoms with Crippen LogP contribution in [0.4, 0.5) is 5.82 Å². The van der Waals surface area contributed by atoms with E-state index in [-0.39, 0.29) is 16.9 Å². The Kier molecular flexibility index (Phi) is 5.03. The second-order valence-electron chi connectivity index (χ2n) is 7.83. The molecular formula is C18H23Cl2N3O. The highest BCUT2D eigenvalue weighted by Gasteiger charge is 2.26. The van der Waals surface area contributed by atoms with Gasteiger partial charge in [0.05, 0.1) is 21.8 Å². The molecule has 1 aromatic carbocycles. The Balaban J connectivity index is 2.43. The molecule has 0 saturated carbocycles. The maximum atomic E-state index is 12.6. The molecule has 1 amide bonds. The van der Waals surface area contributed by atoms with Crippen molar-refractivity contribution in [3.05, 3.63) is 45.6 Å². The summed E-state index contributed by atoms with van der Waals surface area (Å²) in [7, 11) is 0. The number of hydrogen-bond acceptors (Lipinski definition) is 2. The van der Waals surface area contributed by atoms with E-state index >= 15 is 0 Å². The fourth-order valence-corrected chi connectivity index (χ4v) is 2.58. The molecule has 4 nitrogen and oxygen atoms in total. The predicted octanol–water partition coefficient (Wildman–Crippen LogP) is 5.49. The van der Waals surface area contributed by atoms with E-state index in [4.69, 9.17) is 23.2 Å². The van der Waals surface area contributed by atoms with E-state index in [1.165, 1.54) is 0 Å². The molecule has 0 unspecified atom stereocenters. The number of aromatic nitrogens is 2. The van der Waals surface area contributed by atoms with Crippen LogP contribution in [-0.2, 0) is 11.0 Å². The van der Waals surface area contributed by atoms with Gasteiger partial charge in [-0.25, -0.2) is 4.68 Å². The van der Waals surface area contributed by atoms with Gasteiger partial charge in [0.1, 0.15) is 5.82 Å². The van der Waals surface area contributed by atoms with Gasteiger partial charge in [-0.1, -0.05) is 44.0 Å². The van der Waals surface area contributed by atoms with Gasteiger partial charge in [-0.2, -0.15) is 5.10 Å². The van der Waals surface area contributed by atoms with Gasteiger partial charge in [-0.05, 0) is 39.0 Å². The van der Waals surface area contributed by atoms with E-state index in [1.54, 1.807) is 18.2 Å². The average Bonchev–Trinajstić information content (AvgIpc) is 2.85. The first-order chi connectivity index (χ1) is 10.9. The molecule has 0 bridgehead atoms. The zero-order chi connectivity index (χ0) is 18.3. The van der Waals surface area contributed by atoms with Gasteiger partial charge in [-0.15, -0.1) is 0 Å². The fraction of sp³-hybridized carbons (Fsp3) is 0.444. The van der Waals surface area contributed by atoms with Crippen LogP contribution < -0.4 is 5.32 Å². The van der Waals surface area contributed by atoms with Crippen molar-refractivity contribution in [2.24, 2.45) is 0 Å². The molecule has 24 heavy (non-hydrogen) atoms. The standard InChI is InChI=1S/C18H23Cl2N3O/c1-17(2,3)14-10-15(23(22-14)18(4,5)6)21-16(24)12-9-11(19)7-8-13(12)20/h7-10H,1-6H3,(H,21,24). The van der Waals surface area contributed by atoms with Gasteiger partial charge in [0.2, 0.25) is 0 Å². The molecule has 6 heteroatoms. The first-order valence-electron chi connectivity index (χ1n) is 7.77. The molecule has 1 aromatic heterocycles. The number of nitrogens with zero attached hydrogens (tertiary/aromatic N) is 2. The fourth-order valence-electron chi connectivity index (χ4n) is 2.20. The molecule has 2 aromatic rings. The summed E-state index contributed by atoms with van der Waals surface area (Å²) in [5.41, 5.74) is 0.849. The molecule has 2 rings (SSSR count). The Labute approximate surface area is 153 Å². The third-order valence-electron chi connectivity index (χ3n) is 3.53. The summed E-state index contributed by atoms with van der Waals surface area (Å²) in [5.74, 6) is 0.321. The lowest BCUT2D eigenvalue weighted by Gasteiger charge is -2.23. The SMILES string of the molecule is CC(C)(C)c1cc(NC(=O)c2cc(Cl)ccc2Cl)n(C(C)(C)C)n1. The number of carbonyl (C=O) groups is 1. The third kappa shape index (κ3) is 4.11. The van der Waals surface area contributed by atoms with Gasteiger partial charge in [0.15, 0.2) is 0 Å². The number of halogens is 2. The van der Waals surface area contributed by atoms with Gasteiger partial charge in [0, 0.05) is 16.5 Å². The molecular weight excluding hydrogens is 345 g/mol. The van der Waals surface area contributed by atoms with Crippen LogP contribution in [0.2, 0.25) is 10.0 Å². The normalized spacial score (nSPS) is 12.3. The molecule has 0 spiro atoms. The average molecular weight is 368 g/mol. The molecule has 0 radical (unpaired) electrons. The number of carbonyl (C=O) groups excluding carboxylic acids is 1. The van der Waals surface area contributed by atoms with Crippen molar-refractivity contribution in [2.45, 2.75) is 52.5 Å². The van der Waals surface area contributed by atoms with E-state index in [1.807, 2.05) is 31.5 Å². The highest BCUT2D eigenvalue weighted by Crippen LogP contribution is 2.29. The van der Waals surface area contributed by atoms with Crippen molar-refractivity contribution in [2.75, 3.05) is 5.32 Å². The summed E-state index contributed by atoms with van der Waals surface area (Å²) in [6.07, 6.45) is 0. The Morgan fingerprint density at radius 2 is 1.71 bits per heavy atom. The summed E-state index contributed by atoms with van der Waals surface area (Å²) in [6.45, 7) is 12.4. The number of anilines is 1. The molecule has 130 valence electrons. The zero-order valence-electron chi connectivity index (χ0n) is 14.9. The van der Waals surface area contributed by atoms with Gasteiger partial charge in [0.25, 0.3) is 5.91 Å². The van der Waals surface area contributed by atoms with E-state index < -0.39 is 0 Å². The Morgan fingerprint density at radius 1 is 1.08 bits per heavy atom. The molecule has 0 atom stereocenters. The maximum absolute atomic E-state index is 12.6. The quantitative estimate of drug-likeness (QED) is 0.761. The minimum absolute atomic E-state index is 0.121. The molecule has 0 aliphatic rings. The minimum Gasteiger partial charge on any atom is -0.307 e. The summed E-state index contributed by atoms with van der Waals surface area (Å²) in [5, 5.41) is 8.41. The molecule has 0 aliphatic carbocycles. The molecule has 0 fully saturated rings. The van der Waals surface area contributed by atoms with Gasteiger partial charge in [-0.3, -0.25) is 4.79 Å². The van der Waals surface area contributed by atoms with Crippen LogP contribution in [0, 0.1) is 0 Å². The lowest BCUT2D eigenvalue weighted by atomic mass is 9.92. The first-order valence-corrected chi connectivity index (χ1v) is 8.52. The third-order valence-corrected chi connectivity index (χ3v) is 4.09. The van der Waals surface area contributed by atoms with Crippen molar-refractivity contribution >= 4 is 34.9 Å². The van der Waals surface area contributed by atoms with Crippen LogP contribution in [-0.4, -0.2) is 15.7 Å². The summed E-state index contributed by atoms with van der Waals surface area (Å²) in [4.78, 5) is 12.6. The molecule has 1 N–H and O–H groups in total. The smallest absolute Gasteiger partial charge is 0.258 e. The van der Waals surface area contributed by atoms with E-state index in [2.05, 4.69) is 31.2 Å². The van der Waals surface area contributed by atoms with E-state index in [0.29, 0.717) is 21.4 Å². The van der Waals surface area contributed by atoms with Crippen LogP contribution in [0.1, 0.15) is 57.6 Å². The molecule has 0 aliphatic heterocycles. The van der Waals surface area contributed by atoms with Crippen molar-refractivity contribution in [3.63, 3.8) is 0 Å². The summed E-state index contributed by atoms with van der Waals surface area (Å²) >= 11 is 12.1. The second-order valence-corrected chi connectivity index (χ2v) is 8.67. The lowest BCUT2D eigenvalue weighted by Crippen LogP contribution is -2.27. The number of rotatable bonds is 2. The van der Waals surface area contributed by atoms with Crippen molar-refractivity contribution in [1.82, 2.24) is 9.78 Å². The van der Waals surface area contributed by atoms with Crippen LogP contribution in [0.15, 0.2) is 24.3 Å². The van der Waals surface area contributed by atoms with Crippen molar-refractivity contribution < 1.29 is 4.79 Å². The minimum atomic E-state index is -0.312. The lowest BCUT2D eigenvalue weighted by molar-refractivity contribution is 0.102. The van der Waals surface area contributed by atoms with Crippen molar-refractivity contribution in [1.29, 1.82) is 0 Å². The monoisotopic (exact) mass is 367 g/mol. The zero-order valence-corrected chi connectivity index (χ0v) is 16.4. The number of benzene rings is 1. The molecule has 1 heterocycles. The number of nitrogens with one attached hydrogen (secondary N) is 1. The Bertz CT molecular complexity index is 768. The van der Waals surface area contributed by atoms with Gasteiger partial charge < -0.3 is 5.32 Å². The second kappa shape index (κ2) is 6.41. The molecule has 0 saturated heterocycles. The predicted molar refractivity (Wildman–Crippen MR) is 100 cm³/mol. The summed E-state index contributed by atoms with van der Waals surface area (Å²) in [6, 6.07) is 6.72. The van der Waals surface area contributed by atoms with Crippen LogP contribution in [0.3, 0.4) is 0 Å².